The number of benzene rings is 1. The van der Waals surface area contributed by atoms with Crippen LogP contribution in [-0.4, -0.2) is 26.1 Å². The summed E-state index contributed by atoms with van der Waals surface area (Å²) in [5, 5.41) is 4.10. The van der Waals surface area contributed by atoms with E-state index in [1.165, 1.54) is 5.56 Å². The molecule has 4 heteroatoms. The minimum absolute atomic E-state index is 0.512. The molecule has 0 saturated carbocycles. The highest BCUT2D eigenvalue weighted by atomic mass is 35.5. The first-order valence-corrected chi connectivity index (χ1v) is 6.72. The molecule has 0 bridgehead atoms. The summed E-state index contributed by atoms with van der Waals surface area (Å²) in [6.07, 6.45) is 0.790. The molecule has 94 valence electrons. The Morgan fingerprint density at radius 3 is 2.65 bits per heavy atom. The number of aryl methyl sites for hydroxylation is 1. The third-order valence-electron chi connectivity index (χ3n) is 3.36. The van der Waals surface area contributed by atoms with Crippen LogP contribution in [0.25, 0.3) is 0 Å². The van der Waals surface area contributed by atoms with Crippen molar-refractivity contribution in [2.75, 3.05) is 26.1 Å². The lowest BCUT2D eigenvalue weighted by Gasteiger charge is -2.31. The van der Waals surface area contributed by atoms with E-state index in [0.29, 0.717) is 11.8 Å². The van der Waals surface area contributed by atoms with Crippen molar-refractivity contribution in [2.24, 2.45) is 0 Å². The molecule has 0 spiro atoms. The molecule has 1 N–H and O–H groups in total. The molecule has 1 aromatic carbocycles. The highest BCUT2D eigenvalue weighted by molar-refractivity contribution is 6.31. The molecule has 1 saturated heterocycles. The van der Waals surface area contributed by atoms with Crippen molar-refractivity contribution in [3.05, 3.63) is 27.8 Å². The average molecular weight is 274 g/mol. The SMILES string of the molecule is COc1c(CCCl)cc(Cl)c(C)c1C1CNC1. The highest BCUT2D eigenvalue weighted by Gasteiger charge is 2.27. The van der Waals surface area contributed by atoms with E-state index in [9.17, 15) is 0 Å². The normalized spacial score (nSPS) is 15.8. The summed E-state index contributed by atoms with van der Waals surface area (Å²) < 4.78 is 5.58. The molecule has 0 unspecified atom stereocenters. The van der Waals surface area contributed by atoms with Gasteiger partial charge in [0.05, 0.1) is 7.11 Å². The number of rotatable bonds is 4. The van der Waals surface area contributed by atoms with E-state index in [-0.39, 0.29) is 0 Å². The van der Waals surface area contributed by atoms with Gasteiger partial charge in [0.15, 0.2) is 0 Å². The van der Waals surface area contributed by atoms with E-state index in [0.717, 1.165) is 41.4 Å². The third-order valence-corrected chi connectivity index (χ3v) is 3.94. The fourth-order valence-electron chi connectivity index (χ4n) is 2.31. The smallest absolute Gasteiger partial charge is 0.126 e. The summed E-state index contributed by atoms with van der Waals surface area (Å²) >= 11 is 12.1. The molecule has 2 nitrogen and oxygen atoms in total. The van der Waals surface area contributed by atoms with Crippen LogP contribution in [0.2, 0.25) is 5.02 Å². The van der Waals surface area contributed by atoms with Gasteiger partial charge >= 0.3 is 0 Å². The summed E-state index contributed by atoms with van der Waals surface area (Å²) in [7, 11) is 1.72. The number of nitrogens with one attached hydrogen (secondary N) is 1. The van der Waals surface area contributed by atoms with Crippen molar-refractivity contribution >= 4 is 23.2 Å². The van der Waals surface area contributed by atoms with Gasteiger partial charge in [-0.3, -0.25) is 0 Å². The fraction of sp³-hybridized carbons (Fsp3) is 0.538. The standard InChI is InChI=1S/C13H17Cl2NO/c1-8-11(15)5-9(3-4-14)13(17-2)12(8)10-6-16-7-10/h5,10,16H,3-4,6-7H2,1-2H3. The van der Waals surface area contributed by atoms with E-state index in [1.54, 1.807) is 7.11 Å². The van der Waals surface area contributed by atoms with Gasteiger partial charge in [-0.05, 0) is 30.5 Å². The maximum Gasteiger partial charge on any atom is 0.126 e. The molecule has 1 aliphatic rings. The van der Waals surface area contributed by atoms with Gasteiger partial charge in [-0.25, -0.2) is 0 Å². The number of halogens is 2. The lowest BCUT2D eigenvalue weighted by molar-refractivity contribution is 0.380. The second kappa shape index (κ2) is 5.47. The van der Waals surface area contributed by atoms with Crippen molar-refractivity contribution in [3.63, 3.8) is 0 Å². The van der Waals surface area contributed by atoms with Crippen molar-refractivity contribution in [1.29, 1.82) is 0 Å². The Bertz CT molecular complexity index is 416. The van der Waals surface area contributed by atoms with Gasteiger partial charge in [0.2, 0.25) is 0 Å². The Morgan fingerprint density at radius 1 is 1.47 bits per heavy atom. The molecule has 1 aliphatic heterocycles. The molecule has 0 amide bonds. The van der Waals surface area contributed by atoms with Crippen LogP contribution in [0, 0.1) is 6.92 Å². The largest absolute Gasteiger partial charge is 0.496 e. The first-order valence-electron chi connectivity index (χ1n) is 5.81. The van der Waals surface area contributed by atoms with Gasteiger partial charge in [-0.15, -0.1) is 11.6 Å². The maximum absolute atomic E-state index is 6.29. The monoisotopic (exact) mass is 273 g/mol. The Balaban J connectivity index is 2.51. The molecule has 0 atom stereocenters. The third kappa shape index (κ3) is 2.40. The summed E-state index contributed by atoms with van der Waals surface area (Å²) in [6.45, 7) is 4.05. The van der Waals surface area contributed by atoms with Crippen LogP contribution in [0.5, 0.6) is 5.75 Å². The Morgan fingerprint density at radius 2 is 2.18 bits per heavy atom. The van der Waals surface area contributed by atoms with E-state index >= 15 is 0 Å². The van der Waals surface area contributed by atoms with E-state index < -0.39 is 0 Å². The van der Waals surface area contributed by atoms with Crippen LogP contribution in [0.4, 0.5) is 0 Å². The lowest BCUT2D eigenvalue weighted by atomic mass is 9.87. The average Bonchev–Trinajstić information content (AvgIpc) is 2.23. The fourth-order valence-corrected chi connectivity index (χ4v) is 2.75. The molecule has 1 fully saturated rings. The molecule has 1 aromatic rings. The van der Waals surface area contributed by atoms with Gasteiger partial charge in [-0.1, -0.05) is 11.6 Å². The Hall–Kier alpha value is -0.440. The van der Waals surface area contributed by atoms with Gasteiger partial charge in [0.25, 0.3) is 0 Å². The van der Waals surface area contributed by atoms with Crippen molar-refractivity contribution < 1.29 is 4.74 Å². The second-order valence-corrected chi connectivity index (χ2v) is 5.17. The zero-order valence-electron chi connectivity index (χ0n) is 10.1. The van der Waals surface area contributed by atoms with Crippen LogP contribution >= 0.6 is 23.2 Å². The van der Waals surface area contributed by atoms with Crippen LogP contribution in [0.3, 0.4) is 0 Å². The zero-order chi connectivity index (χ0) is 12.4. The Labute approximate surface area is 112 Å². The van der Waals surface area contributed by atoms with Gasteiger partial charge in [0.1, 0.15) is 5.75 Å². The molecule has 1 heterocycles. The van der Waals surface area contributed by atoms with Gasteiger partial charge in [0, 0.05) is 35.5 Å². The number of methoxy groups -OCH3 is 1. The molecule has 17 heavy (non-hydrogen) atoms. The number of hydrogen-bond donors (Lipinski definition) is 1. The minimum Gasteiger partial charge on any atom is -0.496 e. The van der Waals surface area contributed by atoms with Crippen molar-refractivity contribution in [3.8, 4) is 5.75 Å². The van der Waals surface area contributed by atoms with Crippen molar-refractivity contribution in [2.45, 2.75) is 19.3 Å². The highest BCUT2D eigenvalue weighted by Crippen LogP contribution is 2.39. The van der Waals surface area contributed by atoms with E-state index in [2.05, 4.69) is 12.2 Å². The molecule has 0 aromatic heterocycles. The van der Waals surface area contributed by atoms with Crippen LogP contribution < -0.4 is 10.1 Å². The topological polar surface area (TPSA) is 21.3 Å². The predicted molar refractivity (Wildman–Crippen MR) is 72.8 cm³/mol. The van der Waals surface area contributed by atoms with Gasteiger partial charge in [-0.2, -0.15) is 0 Å². The first kappa shape index (κ1) is 13.0. The number of hydrogen-bond acceptors (Lipinski definition) is 2. The predicted octanol–water partition coefficient (Wildman–Crippen LogP) is 3.13. The number of ether oxygens (including phenoxy) is 1. The molecular weight excluding hydrogens is 257 g/mol. The molecule has 0 radical (unpaired) electrons. The lowest BCUT2D eigenvalue weighted by Crippen LogP contribution is -2.40. The summed E-state index contributed by atoms with van der Waals surface area (Å²) in [6, 6.07) is 1.98. The van der Waals surface area contributed by atoms with Crippen LogP contribution in [0.1, 0.15) is 22.6 Å². The summed E-state index contributed by atoms with van der Waals surface area (Å²) in [5.41, 5.74) is 3.49. The molecule has 0 aliphatic carbocycles. The van der Waals surface area contributed by atoms with E-state index in [4.69, 9.17) is 27.9 Å². The minimum atomic E-state index is 0.512. The summed E-state index contributed by atoms with van der Waals surface area (Å²) in [5.74, 6) is 2.06. The van der Waals surface area contributed by atoms with E-state index in [1.807, 2.05) is 6.07 Å². The first-order chi connectivity index (χ1) is 8.19. The quantitative estimate of drug-likeness (QED) is 0.852. The Kier molecular flexibility index (Phi) is 4.18. The molecular formula is C13H17Cl2NO. The maximum atomic E-state index is 6.29. The van der Waals surface area contributed by atoms with Crippen LogP contribution in [-0.2, 0) is 6.42 Å². The molecule has 2 rings (SSSR count). The zero-order valence-corrected chi connectivity index (χ0v) is 11.7. The van der Waals surface area contributed by atoms with Crippen LogP contribution in [0.15, 0.2) is 6.07 Å². The van der Waals surface area contributed by atoms with Crippen molar-refractivity contribution in [1.82, 2.24) is 5.32 Å². The van der Waals surface area contributed by atoms with Gasteiger partial charge < -0.3 is 10.1 Å². The number of alkyl halides is 1. The summed E-state index contributed by atoms with van der Waals surface area (Å²) in [4.78, 5) is 0. The second-order valence-electron chi connectivity index (χ2n) is 4.38.